The first-order valence-corrected chi connectivity index (χ1v) is 7.64. The third-order valence-electron chi connectivity index (χ3n) is 3.34. The van der Waals surface area contributed by atoms with Gasteiger partial charge in [0, 0.05) is 28.4 Å². The summed E-state index contributed by atoms with van der Waals surface area (Å²) < 4.78 is 0. The third-order valence-corrected chi connectivity index (χ3v) is 4.43. The highest BCUT2D eigenvalue weighted by Gasteiger charge is 2.17. The summed E-state index contributed by atoms with van der Waals surface area (Å²) in [5.41, 5.74) is 3.79. The van der Waals surface area contributed by atoms with Gasteiger partial charge in [0.25, 0.3) is 0 Å². The summed E-state index contributed by atoms with van der Waals surface area (Å²) in [6, 6.07) is 11.7. The molecule has 0 fully saturated rings. The summed E-state index contributed by atoms with van der Waals surface area (Å²) in [6.07, 6.45) is 3.35. The second-order valence-corrected chi connectivity index (χ2v) is 6.00. The van der Waals surface area contributed by atoms with Crippen LogP contribution in [0.15, 0.2) is 48.8 Å². The maximum atomic E-state index is 11.1. The van der Waals surface area contributed by atoms with E-state index in [-0.39, 0.29) is 6.42 Å². The van der Waals surface area contributed by atoms with Crippen molar-refractivity contribution in [3.8, 4) is 21.8 Å². The molecule has 110 valence electrons. The Morgan fingerprint density at radius 3 is 2.59 bits per heavy atom. The van der Waals surface area contributed by atoms with Gasteiger partial charge in [-0.1, -0.05) is 24.3 Å². The van der Waals surface area contributed by atoms with Gasteiger partial charge in [-0.05, 0) is 24.6 Å². The first-order valence-electron chi connectivity index (χ1n) is 6.83. The van der Waals surface area contributed by atoms with Crippen molar-refractivity contribution in [2.45, 2.75) is 13.3 Å². The highest BCUT2D eigenvalue weighted by Crippen LogP contribution is 2.35. The molecule has 5 heteroatoms. The predicted molar refractivity (Wildman–Crippen MR) is 86.9 cm³/mol. The second-order valence-electron chi connectivity index (χ2n) is 4.91. The molecule has 3 rings (SSSR count). The fourth-order valence-corrected chi connectivity index (χ4v) is 3.44. The van der Waals surface area contributed by atoms with Crippen LogP contribution in [-0.4, -0.2) is 21.0 Å². The van der Waals surface area contributed by atoms with E-state index in [1.807, 2.05) is 43.3 Å². The first kappa shape index (κ1) is 14.4. The van der Waals surface area contributed by atoms with Crippen LogP contribution in [0.2, 0.25) is 0 Å². The minimum Gasteiger partial charge on any atom is -0.481 e. The number of rotatable bonds is 4. The normalized spacial score (nSPS) is 10.6. The Labute approximate surface area is 132 Å². The molecule has 0 aliphatic heterocycles. The van der Waals surface area contributed by atoms with Crippen LogP contribution >= 0.6 is 11.3 Å². The molecule has 0 unspecified atom stereocenters. The second kappa shape index (κ2) is 6.07. The lowest BCUT2D eigenvalue weighted by Gasteiger charge is -2.00. The Morgan fingerprint density at radius 1 is 1.18 bits per heavy atom. The van der Waals surface area contributed by atoms with Gasteiger partial charge in [0.2, 0.25) is 0 Å². The van der Waals surface area contributed by atoms with E-state index in [2.05, 4.69) is 4.98 Å². The van der Waals surface area contributed by atoms with E-state index in [0.717, 1.165) is 32.3 Å². The smallest absolute Gasteiger partial charge is 0.308 e. The van der Waals surface area contributed by atoms with Crippen LogP contribution in [0.25, 0.3) is 21.8 Å². The SMILES string of the molecule is Cc1ccccc1-c1nc(-c2ccncc2)c(CC(=O)O)s1. The van der Waals surface area contributed by atoms with Crippen LogP contribution in [0.5, 0.6) is 0 Å². The van der Waals surface area contributed by atoms with Gasteiger partial charge in [0.1, 0.15) is 5.01 Å². The van der Waals surface area contributed by atoms with E-state index in [1.165, 1.54) is 11.3 Å². The zero-order chi connectivity index (χ0) is 15.5. The fraction of sp³-hybridized carbons (Fsp3) is 0.118. The van der Waals surface area contributed by atoms with Crippen molar-refractivity contribution in [3.63, 3.8) is 0 Å². The number of nitrogens with zero attached hydrogens (tertiary/aromatic N) is 2. The van der Waals surface area contributed by atoms with Crippen LogP contribution in [0.3, 0.4) is 0 Å². The minimum absolute atomic E-state index is 0.0266. The number of pyridine rings is 1. The van der Waals surface area contributed by atoms with Gasteiger partial charge in [-0.25, -0.2) is 4.98 Å². The molecule has 4 nitrogen and oxygen atoms in total. The van der Waals surface area contributed by atoms with E-state index in [0.29, 0.717) is 0 Å². The lowest BCUT2D eigenvalue weighted by atomic mass is 10.1. The maximum Gasteiger partial charge on any atom is 0.308 e. The van der Waals surface area contributed by atoms with Crippen molar-refractivity contribution in [3.05, 3.63) is 59.2 Å². The number of thiazole rings is 1. The Morgan fingerprint density at radius 2 is 1.91 bits per heavy atom. The number of aliphatic carboxylic acids is 1. The molecule has 0 aliphatic carbocycles. The molecule has 2 heterocycles. The first-order chi connectivity index (χ1) is 10.6. The monoisotopic (exact) mass is 310 g/mol. The summed E-state index contributed by atoms with van der Waals surface area (Å²) in [5, 5.41) is 9.99. The van der Waals surface area contributed by atoms with Crippen molar-refractivity contribution in [2.75, 3.05) is 0 Å². The molecule has 0 saturated carbocycles. The highest BCUT2D eigenvalue weighted by molar-refractivity contribution is 7.15. The van der Waals surface area contributed by atoms with E-state index in [4.69, 9.17) is 10.1 Å². The molecule has 0 aliphatic rings. The minimum atomic E-state index is -0.852. The maximum absolute atomic E-state index is 11.1. The number of aromatic nitrogens is 2. The molecular formula is C17H14N2O2S. The molecule has 0 saturated heterocycles. The summed E-state index contributed by atoms with van der Waals surface area (Å²) in [4.78, 5) is 20.6. The number of carboxylic acids is 1. The Hall–Kier alpha value is -2.53. The molecule has 0 radical (unpaired) electrons. The molecule has 22 heavy (non-hydrogen) atoms. The summed E-state index contributed by atoms with van der Waals surface area (Å²) >= 11 is 1.44. The Balaban J connectivity index is 2.13. The standard InChI is InChI=1S/C17H14N2O2S/c1-11-4-2-3-5-13(11)17-19-16(12-6-8-18-9-7-12)14(22-17)10-15(20)21/h2-9H,10H2,1H3,(H,20,21). The van der Waals surface area contributed by atoms with Crippen LogP contribution in [-0.2, 0) is 11.2 Å². The van der Waals surface area contributed by atoms with Gasteiger partial charge in [-0.2, -0.15) is 0 Å². The summed E-state index contributed by atoms with van der Waals surface area (Å²) in [7, 11) is 0. The topological polar surface area (TPSA) is 63.1 Å². The molecule has 0 amide bonds. The predicted octanol–water partition coefficient (Wildman–Crippen LogP) is 3.81. The van der Waals surface area contributed by atoms with Gasteiger partial charge in [-0.15, -0.1) is 11.3 Å². The molecule has 0 bridgehead atoms. The van der Waals surface area contributed by atoms with E-state index in [1.54, 1.807) is 12.4 Å². The average molecular weight is 310 g/mol. The number of carbonyl (C=O) groups is 1. The van der Waals surface area contributed by atoms with E-state index < -0.39 is 5.97 Å². The summed E-state index contributed by atoms with van der Waals surface area (Å²) in [6.45, 7) is 2.03. The Bertz CT molecular complexity index is 813. The van der Waals surface area contributed by atoms with Crippen LogP contribution < -0.4 is 0 Å². The lowest BCUT2D eigenvalue weighted by molar-refractivity contribution is -0.136. The molecular weight excluding hydrogens is 296 g/mol. The van der Waals surface area contributed by atoms with Crippen molar-refractivity contribution in [2.24, 2.45) is 0 Å². The zero-order valence-electron chi connectivity index (χ0n) is 12.0. The number of benzene rings is 1. The molecule has 3 aromatic rings. The van der Waals surface area contributed by atoms with Crippen LogP contribution in [0.4, 0.5) is 0 Å². The van der Waals surface area contributed by atoms with Crippen molar-refractivity contribution in [1.82, 2.24) is 9.97 Å². The van der Waals surface area contributed by atoms with Crippen LogP contribution in [0.1, 0.15) is 10.4 Å². The molecule has 1 N–H and O–H groups in total. The molecule has 1 aromatic carbocycles. The lowest BCUT2D eigenvalue weighted by Crippen LogP contribution is -1.99. The van der Waals surface area contributed by atoms with Crippen molar-refractivity contribution < 1.29 is 9.90 Å². The summed E-state index contributed by atoms with van der Waals surface area (Å²) in [5.74, 6) is -0.852. The van der Waals surface area contributed by atoms with Crippen molar-refractivity contribution >= 4 is 17.3 Å². The van der Waals surface area contributed by atoms with Gasteiger partial charge in [0.15, 0.2) is 0 Å². The zero-order valence-corrected chi connectivity index (χ0v) is 12.8. The van der Waals surface area contributed by atoms with E-state index in [9.17, 15) is 4.79 Å². The van der Waals surface area contributed by atoms with Gasteiger partial charge < -0.3 is 5.11 Å². The molecule has 2 aromatic heterocycles. The number of hydrogen-bond donors (Lipinski definition) is 1. The quantitative estimate of drug-likeness (QED) is 0.796. The Kier molecular flexibility index (Phi) is 3.98. The highest BCUT2D eigenvalue weighted by atomic mass is 32.1. The fourth-order valence-electron chi connectivity index (χ4n) is 2.27. The van der Waals surface area contributed by atoms with Gasteiger partial charge in [-0.3, -0.25) is 9.78 Å². The molecule has 0 atom stereocenters. The number of aryl methyl sites for hydroxylation is 1. The largest absolute Gasteiger partial charge is 0.481 e. The van der Waals surface area contributed by atoms with E-state index >= 15 is 0 Å². The van der Waals surface area contributed by atoms with Gasteiger partial charge >= 0.3 is 5.97 Å². The van der Waals surface area contributed by atoms with Crippen LogP contribution in [0, 0.1) is 6.92 Å². The van der Waals surface area contributed by atoms with Gasteiger partial charge in [0.05, 0.1) is 12.1 Å². The third kappa shape index (κ3) is 2.89. The average Bonchev–Trinajstić information content (AvgIpc) is 2.91. The number of carboxylic acid groups (broad SMARTS) is 1. The number of hydrogen-bond acceptors (Lipinski definition) is 4. The van der Waals surface area contributed by atoms with Crippen molar-refractivity contribution in [1.29, 1.82) is 0 Å². The molecule has 0 spiro atoms.